The molecule has 1 aromatic rings. The first-order valence-electron chi connectivity index (χ1n) is 8.10. The minimum Gasteiger partial charge on any atom is -0.444 e. The number of benzene rings is 1. The number of alkyl carbamates (subject to hydrolysis) is 1. The summed E-state index contributed by atoms with van der Waals surface area (Å²) in [4.78, 5) is 25.5. The Morgan fingerprint density at radius 3 is 2.19 bits per heavy atom. The summed E-state index contributed by atoms with van der Waals surface area (Å²) in [7, 11) is 0. The van der Waals surface area contributed by atoms with E-state index < -0.39 is 29.3 Å². The SMILES string of the molecule is CC(C)(C)OC(=O)NC(=N)N(Cc1cccc([125I])c1)C(=O)OC(C)(C)C. The van der Waals surface area contributed by atoms with Crippen LogP contribution in [0, 0.1) is 8.98 Å². The van der Waals surface area contributed by atoms with Gasteiger partial charge in [-0.1, -0.05) is 12.1 Å². The minimum atomic E-state index is -0.807. The minimum absolute atomic E-state index is 0.0837. The molecule has 0 aliphatic heterocycles. The second kappa shape index (κ2) is 8.70. The molecule has 0 aliphatic rings. The highest BCUT2D eigenvalue weighted by molar-refractivity contribution is 14.1. The van der Waals surface area contributed by atoms with Crippen molar-refractivity contribution in [2.24, 2.45) is 0 Å². The fraction of sp³-hybridized carbons (Fsp3) is 0.500. The van der Waals surface area contributed by atoms with Crippen molar-refractivity contribution in [2.45, 2.75) is 59.3 Å². The zero-order valence-electron chi connectivity index (χ0n) is 16.0. The second-order valence-electron chi connectivity index (χ2n) is 7.67. The Bertz CT molecular complexity index is 678. The van der Waals surface area contributed by atoms with Gasteiger partial charge in [-0.15, -0.1) is 0 Å². The lowest BCUT2D eigenvalue weighted by Gasteiger charge is -2.28. The normalized spacial score (nSPS) is 11.5. The van der Waals surface area contributed by atoms with Crippen LogP contribution in [0.2, 0.25) is 0 Å². The molecule has 0 atom stereocenters. The fourth-order valence-electron chi connectivity index (χ4n) is 1.84. The summed E-state index contributed by atoms with van der Waals surface area (Å²) in [6.45, 7) is 10.4. The summed E-state index contributed by atoms with van der Waals surface area (Å²) in [5, 5.41) is 10.4. The zero-order valence-corrected chi connectivity index (χ0v) is 18.1. The molecule has 0 aromatic heterocycles. The number of carbonyl (C=O) groups is 2. The van der Waals surface area contributed by atoms with Gasteiger partial charge < -0.3 is 9.47 Å². The molecule has 26 heavy (non-hydrogen) atoms. The zero-order chi connectivity index (χ0) is 20.1. The average molecular weight is 473 g/mol. The van der Waals surface area contributed by atoms with Gasteiger partial charge in [0.25, 0.3) is 0 Å². The van der Waals surface area contributed by atoms with E-state index in [0.717, 1.165) is 14.0 Å². The highest BCUT2D eigenvalue weighted by atomic mass is 125. The third-order valence-electron chi connectivity index (χ3n) is 2.73. The summed E-state index contributed by atoms with van der Waals surface area (Å²) < 4.78 is 11.5. The van der Waals surface area contributed by atoms with Crippen molar-refractivity contribution in [3.05, 3.63) is 33.4 Å². The molecule has 0 aliphatic carbocycles. The van der Waals surface area contributed by atoms with Crippen LogP contribution in [-0.2, 0) is 16.0 Å². The Balaban J connectivity index is 2.97. The number of rotatable bonds is 2. The molecule has 0 radical (unpaired) electrons. The molecule has 7 nitrogen and oxygen atoms in total. The monoisotopic (exact) mass is 473 g/mol. The molecule has 8 heteroatoms. The van der Waals surface area contributed by atoms with E-state index in [0.29, 0.717) is 0 Å². The molecule has 0 spiro atoms. The number of hydrogen-bond acceptors (Lipinski definition) is 5. The molecule has 0 heterocycles. The standard InChI is InChI=1S/C18H26IN3O4/c1-17(2,3)25-15(23)21-14(20)22(16(24)26-18(4,5)6)11-12-8-7-9-13(19)10-12/h7-10H,11H2,1-6H3,(H2,20,21,23)/i19-2. The molecule has 0 saturated heterocycles. The first-order valence-corrected chi connectivity index (χ1v) is 9.18. The van der Waals surface area contributed by atoms with E-state index in [2.05, 4.69) is 27.9 Å². The van der Waals surface area contributed by atoms with Crippen LogP contribution in [0.4, 0.5) is 9.59 Å². The van der Waals surface area contributed by atoms with Crippen LogP contribution in [0.3, 0.4) is 0 Å². The molecule has 0 unspecified atom stereocenters. The molecule has 1 rings (SSSR count). The Kier molecular flexibility index (Phi) is 7.43. The summed E-state index contributed by atoms with van der Waals surface area (Å²) >= 11 is 2.17. The van der Waals surface area contributed by atoms with Gasteiger partial charge in [0.05, 0.1) is 6.54 Å². The third kappa shape index (κ3) is 8.50. The summed E-state index contributed by atoms with van der Waals surface area (Å²) in [6, 6.07) is 7.50. The van der Waals surface area contributed by atoms with Crippen molar-refractivity contribution in [3.8, 4) is 0 Å². The quantitative estimate of drug-likeness (QED) is 0.376. The van der Waals surface area contributed by atoms with Crippen molar-refractivity contribution >= 4 is 40.7 Å². The molecule has 0 bridgehead atoms. The van der Waals surface area contributed by atoms with Crippen LogP contribution in [0.25, 0.3) is 0 Å². The maximum absolute atomic E-state index is 12.5. The number of guanidine groups is 1. The number of nitrogens with zero attached hydrogens (tertiary/aromatic N) is 1. The van der Waals surface area contributed by atoms with E-state index in [4.69, 9.17) is 14.9 Å². The molecule has 0 fully saturated rings. The van der Waals surface area contributed by atoms with E-state index in [1.165, 1.54) is 0 Å². The molecule has 0 saturated carbocycles. The van der Waals surface area contributed by atoms with Gasteiger partial charge in [-0.25, -0.2) is 14.5 Å². The second-order valence-corrected chi connectivity index (χ2v) is 8.92. The Hall–Kier alpha value is -1.84. The average Bonchev–Trinajstić information content (AvgIpc) is 2.40. The van der Waals surface area contributed by atoms with E-state index in [9.17, 15) is 9.59 Å². The maximum atomic E-state index is 12.5. The van der Waals surface area contributed by atoms with Crippen LogP contribution in [-0.4, -0.2) is 34.2 Å². The van der Waals surface area contributed by atoms with Crippen LogP contribution in [0.1, 0.15) is 47.1 Å². The summed E-state index contributed by atoms with van der Waals surface area (Å²) in [5.41, 5.74) is -0.637. The van der Waals surface area contributed by atoms with Gasteiger partial charge in [-0.05, 0) is 81.8 Å². The van der Waals surface area contributed by atoms with E-state index in [1.54, 1.807) is 41.5 Å². The van der Waals surface area contributed by atoms with Gasteiger partial charge in [0.2, 0.25) is 5.96 Å². The van der Waals surface area contributed by atoms with Crippen molar-refractivity contribution < 1.29 is 19.1 Å². The summed E-state index contributed by atoms with van der Waals surface area (Å²) in [5.74, 6) is -0.410. The third-order valence-corrected chi connectivity index (χ3v) is 3.40. The van der Waals surface area contributed by atoms with E-state index in [1.807, 2.05) is 24.3 Å². The predicted molar refractivity (Wildman–Crippen MR) is 108 cm³/mol. The van der Waals surface area contributed by atoms with Crippen LogP contribution in [0.5, 0.6) is 0 Å². The van der Waals surface area contributed by atoms with Gasteiger partial charge in [-0.2, -0.15) is 0 Å². The molecule has 144 valence electrons. The number of nitrogens with one attached hydrogen (secondary N) is 2. The summed E-state index contributed by atoms with van der Waals surface area (Å²) in [6.07, 6.45) is -1.53. The lowest BCUT2D eigenvalue weighted by Crippen LogP contribution is -2.49. The lowest BCUT2D eigenvalue weighted by atomic mass is 10.2. The van der Waals surface area contributed by atoms with Crippen LogP contribution >= 0.6 is 22.6 Å². The molecule has 2 N–H and O–H groups in total. The molecular weight excluding hydrogens is 447 g/mol. The van der Waals surface area contributed by atoms with Crippen molar-refractivity contribution in [2.75, 3.05) is 0 Å². The Morgan fingerprint density at radius 1 is 1.12 bits per heavy atom. The van der Waals surface area contributed by atoms with Gasteiger partial charge >= 0.3 is 12.2 Å². The fourth-order valence-corrected chi connectivity index (χ4v) is 2.45. The Labute approximate surface area is 168 Å². The van der Waals surface area contributed by atoms with Crippen molar-refractivity contribution in [1.82, 2.24) is 10.2 Å². The molecule has 1 aromatic carbocycles. The van der Waals surface area contributed by atoms with Gasteiger partial charge in [0.15, 0.2) is 0 Å². The Morgan fingerprint density at radius 2 is 1.69 bits per heavy atom. The smallest absolute Gasteiger partial charge is 0.417 e. The van der Waals surface area contributed by atoms with Crippen molar-refractivity contribution in [1.29, 1.82) is 5.41 Å². The first kappa shape index (κ1) is 22.2. The van der Waals surface area contributed by atoms with Gasteiger partial charge in [-0.3, -0.25) is 10.7 Å². The topological polar surface area (TPSA) is 91.7 Å². The molecule has 2 amide bonds. The number of carbonyl (C=O) groups excluding carboxylic acids is 2. The maximum Gasteiger partial charge on any atom is 0.417 e. The van der Waals surface area contributed by atoms with Gasteiger partial charge in [0.1, 0.15) is 11.2 Å². The number of ether oxygens (including phenoxy) is 2. The highest BCUT2D eigenvalue weighted by Crippen LogP contribution is 2.15. The molecular formula is C18H26IN3O4. The highest BCUT2D eigenvalue weighted by Gasteiger charge is 2.27. The number of amides is 2. The lowest BCUT2D eigenvalue weighted by molar-refractivity contribution is 0.0346. The van der Waals surface area contributed by atoms with E-state index in [-0.39, 0.29) is 6.54 Å². The largest absolute Gasteiger partial charge is 0.444 e. The van der Waals surface area contributed by atoms with E-state index >= 15 is 0 Å². The van der Waals surface area contributed by atoms with Crippen molar-refractivity contribution in [3.63, 3.8) is 0 Å². The number of halogens is 1. The van der Waals surface area contributed by atoms with Crippen LogP contribution < -0.4 is 5.32 Å². The van der Waals surface area contributed by atoms with Gasteiger partial charge in [0, 0.05) is 3.57 Å². The van der Waals surface area contributed by atoms with Crippen LogP contribution in [0.15, 0.2) is 24.3 Å². The first-order chi connectivity index (χ1) is 11.8. The number of hydrogen-bond donors (Lipinski definition) is 2. The predicted octanol–water partition coefficient (Wildman–Crippen LogP) is 4.49.